The number of hydrogen-bond donors (Lipinski definition) is 1. The summed E-state index contributed by atoms with van der Waals surface area (Å²) in [5.41, 5.74) is 2.25. The number of likely N-dealkylation sites (tertiary alicyclic amines) is 1. The van der Waals surface area contributed by atoms with Gasteiger partial charge in [0.25, 0.3) is 5.91 Å². The maximum Gasteiger partial charge on any atom is 0.273 e. The first-order chi connectivity index (χ1) is 8.21. The molecular formula is C12H18N2O2S. The van der Waals surface area contributed by atoms with Crippen molar-refractivity contribution < 1.29 is 9.90 Å². The molecular weight excluding hydrogens is 236 g/mol. The van der Waals surface area contributed by atoms with Crippen LogP contribution in [0.3, 0.4) is 0 Å². The van der Waals surface area contributed by atoms with E-state index in [1.807, 2.05) is 4.90 Å². The standard InChI is InChI=1S/C12H18N2O2S/c1-2-12(8-15)3-5-14(6-4-12)11(16)10-7-17-9-13-10/h7,9,15H,2-6,8H2,1H3. The Bertz CT molecular complexity index is 364. The summed E-state index contributed by atoms with van der Waals surface area (Å²) < 4.78 is 0. The van der Waals surface area contributed by atoms with Crippen LogP contribution in [0.5, 0.6) is 0 Å². The lowest BCUT2D eigenvalue weighted by Crippen LogP contribution is -2.44. The minimum atomic E-state index is 0.0221. The summed E-state index contributed by atoms with van der Waals surface area (Å²) in [7, 11) is 0. The van der Waals surface area contributed by atoms with Crippen LogP contribution in [0.1, 0.15) is 36.7 Å². The summed E-state index contributed by atoms with van der Waals surface area (Å²) in [4.78, 5) is 17.9. The van der Waals surface area contributed by atoms with E-state index in [1.165, 1.54) is 11.3 Å². The predicted molar refractivity (Wildman–Crippen MR) is 67.1 cm³/mol. The Morgan fingerprint density at radius 2 is 2.29 bits per heavy atom. The lowest BCUT2D eigenvalue weighted by molar-refractivity contribution is 0.0335. The number of aliphatic hydroxyl groups excluding tert-OH is 1. The van der Waals surface area contributed by atoms with E-state index in [0.29, 0.717) is 5.69 Å². The fourth-order valence-electron chi connectivity index (χ4n) is 2.29. The lowest BCUT2D eigenvalue weighted by atomic mass is 9.77. The maximum atomic E-state index is 12.1. The topological polar surface area (TPSA) is 53.4 Å². The van der Waals surface area contributed by atoms with Crippen molar-refractivity contribution in [3.8, 4) is 0 Å². The number of aliphatic hydroxyl groups is 1. The molecule has 1 aliphatic rings. The number of thiazole rings is 1. The van der Waals surface area contributed by atoms with Crippen LogP contribution in [0.25, 0.3) is 0 Å². The smallest absolute Gasteiger partial charge is 0.273 e. The summed E-state index contributed by atoms with van der Waals surface area (Å²) >= 11 is 1.44. The quantitative estimate of drug-likeness (QED) is 0.894. The molecule has 2 heterocycles. The van der Waals surface area contributed by atoms with Crippen LogP contribution in [0.2, 0.25) is 0 Å². The first-order valence-corrected chi connectivity index (χ1v) is 6.93. The molecule has 2 rings (SSSR count). The zero-order chi connectivity index (χ0) is 12.3. The van der Waals surface area contributed by atoms with Crippen LogP contribution in [0, 0.1) is 5.41 Å². The minimum absolute atomic E-state index is 0.0221. The summed E-state index contributed by atoms with van der Waals surface area (Å²) in [6.07, 6.45) is 2.74. The van der Waals surface area contributed by atoms with Gasteiger partial charge in [-0.2, -0.15) is 0 Å². The number of amides is 1. The Hall–Kier alpha value is -0.940. The van der Waals surface area contributed by atoms with Crippen molar-refractivity contribution in [2.45, 2.75) is 26.2 Å². The van der Waals surface area contributed by atoms with Crippen LogP contribution in [0.15, 0.2) is 10.9 Å². The first-order valence-electron chi connectivity index (χ1n) is 5.99. The SMILES string of the molecule is CCC1(CO)CCN(C(=O)c2cscn2)CC1. The van der Waals surface area contributed by atoms with Crippen LogP contribution in [-0.2, 0) is 0 Å². The Morgan fingerprint density at radius 3 is 2.76 bits per heavy atom. The van der Waals surface area contributed by atoms with E-state index in [-0.39, 0.29) is 17.9 Å². The maximum absolute atomic E-state index is 12.1. The van der Waals surface area contributed by atoms with Crippen molar-refractivity contribution in [3.63, 3.8) is 0 Å². The fourth-order valence-corrected chi connectivity index (χ4v) is 2.81. The zero-order valence-electron chi connectivity index (χ0n) is 10.1. The van der Waals surface area contributed by atoms with Crippen LogP contribution in [-0.4, -0.2) is 40.6 Å². The molecule has 0 unspecified atom stereocenters. The van der Waals surface area contributed by atoms with Crippen molar-refractivity contribution in [2.75, 3.05) is 19.7 Å². The van der Waals surface area contributed by atoms with Gasteiger partial charge in [0.15, 0.2) is 0 Å². The number of rotatable bonds is 3. The molecule has 5 heteroatoms. The molecule has 0 aliphatic carbocycles. The molecule has 0 spiro atoms. The summed E-state index contributed by atoms with van der Waals surface area (Å²) in [6.45, 7) is 3.78. The Labute approximate surface area is 105 Å². The number of piperidine rings is 1. The van der Waals surface area contributed by atoms with Gasteiger partial charge in [-0.25, -0.2) is 4.98 Å². The van der Waals surface area contributed by atoms with E-state index in [1.54, 1.807) is 10.9 Å². The molecule has 0 bridgehead atoms. The molecule has 94 valence electrons. The van der Waals surface area contributed by atoms with E-state index in [9.17, 15) is 9.90 Å². The molecule has 1 saturated heterocycles. The molecule has 1 aromatic heterocycles. The van der Waals surface area contributed by atoms with Gasteiger partial charge in [0.05, 0.1) is 5.51 Å². The summed E-state index contributed by atoms with van der Waals surface area (Å²) in [6, 6.07) is 0. The molecule has 4 nitrogen and oxygen atoms in total. The molecule has 0 atom stereocenters. The minimum Gasteiger partial charge on any atom is -0.396 e. The average molecular weight is 254 g/mol. The monoisotopic (exact) mass is 254 g/mol. The molecule has 1 fully saturated rings. The second kappa shape index (κ2) is 5.14. The van der Waals surface area contributed by atoms with Crippen LogP contribution in [0.4, 0.5) is 0 Å². The number of aromatic nitrogens is 1. The number of hydrogen-bond acceptors (Lipinski definition) is 4. The van der Waals surface area contributed by atoms with Crippen LogP contribution >= 0.6 is 11.3 Å². The molecule has 0 saturated carbocycles. The number of carbonyl (C=O) groups is 1. The Morgan fingerprint density at radius 1 is 1.59 bits per heavy atom. The molecule has 0 aromatic carbocycles. The van der Waals surface area contributed by atoms with E-state index in [2.05, 4.69) is 11.9 Å². The van der Waals surface area contributed by atoms with E-state index >= 15 is 0 Å². The van der Waals surface area contributed by atoms with Crippen molar-refractivity contribution >= 4 is 17.2 Å². The van der Waals surface area contributed by atoms with E-state index in [4.69, 9.17) is 0 Å². The third-order valence-electron chi connectivity index (χ3n) is 3.85. The third-order valence-corrected chi connectivity index (χ3v) is 4.43. The molecule has 1 amide bonds. The summed E-state index contributed by atoms with van der Waals surface area (Å²) in [5.74, 6) is 0.0221. The van der Waals surface area contributed by atoms with Crippen molar-refractivity contribution in [2.24, 2.45) is 5.41 Å². The van der Waals surface area contributed by atoms with Gasteiger partial charge >= 0.3 is 0 Å². The average Bonchev–Trinajstić information content (AvgIpc) is 2.92. The zero-order valence-corrected chi connectivity index (χ0v) is 10.9. The molecule has 1 aliphatic heterocycles. The van der Waals surface area contributed by atoms with Crippen molar-refractivity contribution in [1.82, 2.24) is 9.88 Å². The van der Waals surface area contributed by atoms with E-state index in [0.717, 1.165) is 32.4 Å². The first kappa shape index (κ1) is 12.5. The molecule has 0 radical (unpaired) electrons. The summed E-state index contributed by atoms with van der Waals surface area (Å²) in [5, 5.41) is 11.2. The second-order valence-electron chi connectivity index (χ2n) is 4.68. The highest BCUT2D eigenvalue weighted by molar-refractivity contribution is 7.07. The van der Waals surface area contributed by atoms with Gasteiger partial charge in [0.2, 0.25) is 0 Å². The van der Waals surface area contributed by atoms with Gasteiger partial charge in [0.1, 0.15) is 5.69 Å². The largest absolute Gasteiger partial charge is 0.396 e. The number of carbonyl (C=O) groups excluding carboxylic acids is 1. The van der Waals surface area contributed by atoms with Crippen LogP contribution < -0.4 is 0 Å². The predicted octanol–water partition coefficient (Wildman–Crippen LogP) is 1.77. The highest BCUT2D eigenvalue weighted by Crippen LogP contribution is 2.34. The highest BCUT2D eigenvalue weighted by atomic mass is 32.1. The normalized spacial score (nSPS) is 19.3. The van der Waals surface area contributed by atoms with Gasteiger partial charge in [-0.15, -0.1) is 11.3 Å². The van der Waals surface area contributed by atoms with Gasteiger partial charge in [-0.1, -0.05) is 6.92 Å². The molecule has 17 heavy (non-hydrogen) atoms. The van der Waals surface area contributed by atoms with Crippen molar-refractivity contribution in [3.05, 3.63) is 16.6 Å². The van der Waals surface area contributed by atoms with Gasteiger partial charge in [0, 0.05) is 25.1 Å². The second-order valence-corrected chi connectivity index (χ2v) is 5.40. The van der Waals surface area contributed by atoms with Gasteiger partial charge in [-0.3, -0.25) is 4.79 Å². The molecule has 1 aromatic rings. The van der Waals surface area contributed by atoms with Crippen molar-refractivity contribution in [1.29, 1.82) is 0 Å². The molecule has 1 N–H and O–H groups in total. The fraction of sp³-hybridized carbons (Fsp3) is 0.667. The highest BCUT2D eigenvalue weighted by Gasteiger charge is 2.34. The number of nitrogens with zero attached hydrogens (tertiary/aromatic N) is 2. The van der Waals surface area contributed by atoms with E-state index < -0.39 is 0 Å². The lowest BCUT2D eigenvalue weighted by Gasteiger charge is -2.40. The Balaban J connectivity index is 1.97. The van der Waals surface area contributed by atoms with Gasteiger partial charge in [-0.05, 0) is 24.7 Å². The third kappa shape index (κ3) is 2.50. The van der Waals surface area contributed by atoms with Gasteiger partial charge < -0.3 is 10.0 Å². The Kier molecular flexibility index (Phi) is 3.79.